The van der Waals surface area contributed by atoms with Gasteiger partial charge in [0.2, 0.25) is 0 Å². The molecule has 0 saturated carbocycles. The molecule has 0 bridgehead atoms. The molecule has 8 heterocycles. The van der Waals surface area contributed by atoms with E-state index in [1.165, 1.54) is 0 Å². The largest absolute Gasteiger partial charge is 0.382 e. The van der Waals surface area contributed by atoms with Crippen molar-refractivity contribution >= 4 is 107 Å². The number of benzene rings is 6. The summed E-state index contributed by atoms with van der Waals surface area (Å²) in [6, 6.07) is 63.1. The van der Waals surface area contributed by atoms with Crippen LogP contribution in [0.3, 0.4) is 0 Å². The SMILES string of the molecule is C[C@@H](N)c1ccccn1.C[C@@H](NC(=O)c1nc(-c2cc(Cl)c3ncccc3c2)c(-c2ccccc2)nc1N)c1ccccn1.Nc1cnc(-c2cc(Cl)c3ncccc3c2)c(-c2ccccc2)n1.Nc1nc(-c2ccccc2)c(-c2cc(Cl)c3ncccc3c2)nc1Br. The van der Waals surface area contributed by atoms with Crippen molar-refractivity contribution in [3.63, 3.8) is 0 Å². The van der Waals surface area contributed by atoms with Crippen LogP contribution in [0.5, 0.6) is 0 Å². The first-order valence-electron chi connectivity index (χ1n) is 29.0. The lowest BCUT2D eigenvalue weighted by Crippen LogP contribution is -2.29. The first kappa shape index (κ1) is 63.8. The molecule has 1 amide bonds. The van der Waals surface area contributed by atoms with Crippen molar-refractivity contribution < 1.29 is 4.79 Å². The number of hydrogen-bond acceptors (Lipinski definition) is 16. The highest BCUT2D eigenvalue weighted by Crippen LogP contribution is 2.39. The van der Waals surface area contributed by atoms with Crippen molar-refractivity contribution in [2.75, 3.05) is 17.2 Å². The van der Waals surface area contributed by atoms with E-state index < -0.39 is 5.91 Å². The fourth-order valence-electron chi connectivity index (χ4n) is 9.92. The summed E-state index contributed by atoms with van der Waals surface area (Å²) in [6.45, 7) is 3.77. The maximum Gasteiger partial charge on any atom is 0.274 e. The number of aromatic nitrogens is 11. The molecule has 0 aliphatic rings. The highest BCUT2D eigenvalue weighted by molar-refractivity contribution is 9.10. The van der Waals surface area contributed by atoms with Gasteiger partial charge in [0.15, 0.2) is 17.3 Å². The quantitative estimate of drug-likeness (QED) is 0.0851. The Hall–Kier alpha value is -10.7. The van der Waals surface area contributed by atoms with Crippen molar-refractivity contribution in [3.8, 4) is 67.5 Å². The Morgan fingerprint density at radius 2 is 0.796 bits per heavy atom. The van der Waals surface area contributed by atoms with Gasteiger partial charge in [-0.15, -0.1) is 0 Å². The maximum atomic E-state index is 13.2. The predicted octanol–water partition coefficient (Wildman–Crippen LogP) is 16.5. The van der Waals surface area contributed by atoms with Crippen LogP contribution in [-0.2, 0) is 0 Å². The Labute approximate surface area is 558 Å². The number of rotatable bonds is 10. The number of nitrogens with zero attached hydrogens (tertiary/aromatic N) is 11. The van der Waals surface area contributed by atoms with Crippen LogP contribution in [-0.4, -0.2) is 60.7 Å². The van der Waals surface area contributed by atoms with Gasteiger partial charge in [-0.05, 0) is 109 Å². The zero-order valence-corrected chi connectivity index (χ0v) is 53.7. The summed E-state index contributed by atoms with van der Waals surface area (Å²) in [5.74, 6) is 0.316. The van der Waals surface area contributed by atoms with E-state index in [0.29, 0.717) is 65.2 Å². The number of fused-ring (bicyclic) bond motifs is 3. The molecule has 14 aromatic rings. The van der Waals surface area contributed by atoms with E-state index in [-0.39, 0.29) is 23.6 Å². The van der Waals surface area contributed by atoms with Crippen LogP contribution in [0, 0.1) is 0 Å². The number of hydrogen-bond donors (Lipinski definition) is 5. The average molecular weight is 1350 g/mol. The van der Waals surface area contributed by atoms with Gasteiger partial charge in [-0.25, -0.2) is 24.9 Å². The molecule has 6 aromatic carbocycles. The molecular formula is C72H56BrCl3N16O. The first-order chi connectivity index (χ1) is 45.2. The summed E-state index contributed by atoms with van der Waals surface area (Å²) >= 11 is 22.8. The highest BCUT2D eigenvalue weighted by atomic mass is 79.9. The molecule has 21 heteroatoms. The normalized spacial score (nSPS) is 11.5. The van der Waals surface area contributed by atoms with Gasteiger partial charge in [0, 0.05) is 86.6 Å². The minimum absolute atomic E-state index is 0.0323. The molecule has 0 aliphatic heterocycles. The molecule has 0 spiro atoms. The monoisotopic (exact) mass is 1340 g/mol. The van der Waals surface area contributed by atoms with Gasteiger partial charge >= 0.3 is 0 Å². The van der Waals surface area contributed by atoms with Gasteiger partial charge in [0.25, 0.3) is 5.91 Å². The van der Waals surface area contributed by atoms with E-state index in [4.69, 9.17) is 62.7 Å². The number of amides is 1. The molecule has 0 saturated heterocycles. The number of nitrogen functional groups attached to an aromatic ring is 3. The Balaban J connectivity index is 0.000000136. The fourth-order valence-corrected chi connectivity index (χ4v) is 11.0. The second-order valence-electron chi connectivity index (χ2n) is 20.9. The molecule has 93 heavy (non-hydrogen) atoms. The van der Waals surface area contributed by atoms with E-state index in [2.05, 4.69) is 71.1 Å². The maximum absolute atomic E-state index is 13.2. The van der Waals surface area contributed by atoms with Gasteiger partial charge in [0.05, 0.1) is 89.4 Å². The zero-order chi connectivity index (χ0) is 65.0. The van der Waals surface area contributed by atoms with Crippen LogP contribution < -0.4 is 28.3 Å². The number of nitrogens with one attached hydrogen (secondary N) is 1. The lowest BCUT2D eigenvalue weighted by molar-refractivity contribution is 0.0935. The first-order valence-corrected chi connectivity index (χ1v) is 30.9. The zero-order valence-electron chi connectivity index (χ0n) is 49.8. The summed E-state index contributed by atoms with van der Waals surface area (Å²) in [5.41, 5.74) is 36.6. The molecule has 14 rings (SSSR count). The molecule has 458 valence electrons. The Bertz CT molecular complexity index is 4950. The van der Waals surface area contributed by atoms with Gasteiger partial charge in [-0.1, -0.05) is 156 Å². The van der Waals surface area contributed by atoms with Crippen LogP contribution in [0.15, 0.2) is 242 Å². The number of nitrogens with two attached hydrogens (primary N) is 4. The molecule has 8 aromatic heterocycles. The number of anilines is 3. The van der Waals surface area contributed by atoms with Gasteiger partial charge < -0.3 is 28.3 Å². The van der Waals surface area contributed by atoms with Crippen molar-refractivity contribution in [1.29, 1.82) is 0 Å². The number of pyridine rings is 5. The molecule has 0 unspecified atom stereocenters. The molecule has 17 nitrogen and oxygen atoms in total. The molecule has 9 N–H and O–H groups in total. The van der Waals surface area contributed by atoms with E-state index in [9.17, 15) is 4.79 Å². The van der Waals surface area contributed by atoms with Crippen LogP contribution >= 0.6 is 50.7 Å². The van der Waals surface area contributed by atoms with Crippen LogP contribution in [0.4, 0.5) is 17.5 Å². The van der Waals surface area contributed by atoms with Crippen molar-refractivity contribution in [2.24, 2.45) is 5.73 Å². The van der Waals surface area contributed by atoms with E-state index >= 15 is 0 Å². The van der Waals surface area contributed by atoms with Gasteiger partial charge in [-0.3, -0.25) is 34.7 Å². The molecular weight excluding hydrogens is 1290 g/mol. The second kappa shape index (κ2) is 29.5. The van der Waals surface area contributed by atoms with Crippen LogP contribution in [0.25, 0.3) is 100 Å². The fraction of sp³-hybridized carbons (Fsp3) is 0.0556. The Morgan fingerprint density at radius 3 is 1.23 bits per heavy atom. The molecule has 0 aliphatic carbocycles. The third-order valence-electron chi connectivity index (χ3n) is 14.4. The molecule has 0 radical (unpaired) electrons. The number of carbonyl (C=O) groups is 1. The van der Waals surface area contributed by atoms with Crippen LogP contribution in [0.2, 0.25) is 15.1 Å². The van der Waals surface area contributed by atoms with Gasteiger partial charge in [0.1, 0.15) is 10.4 Å². The summed E-state index contributed by atoms with van der Waals surface area (Å²) < 4.78 is 0.504. The minimum atomic E-state index is -0.442. The lowest BCUT2D eigenvalue weighted by atomic mass is 10.0. The predicted molar refractivity (Wildman–Crippen MR) is 378 cm³/mol. The van der Waals surface area contributed by atoms with E-state index in [1.54, 1.807) is 43.2 Å². The van der Waals surface area contributed by atoms with Crippen molar-refractivity contribution in [3.05, 3.63) is 274 Å². The summed E-state index contributed by atoms with van der Waals surface area (Å²) in [5, 5.41) is 7.29. The number of carbonyl (C=O) groups excluding carboxylic acids is 1. The van der Waals surface area contributed by atoms with Crippen LogP contribution in [0.1, 0.15) is 47.8 Å². The second-order valence-corrected chi connectivity index (χ2v) is 22.9. The van der Waals surface area contributed by atoms with E-state index in [0.717, 1.165) is 77.8 Å². The Kier molecular flexibility index (Phi) is 20.2. The average Bonchev–Trinajstić information content (AvgIpc) is 0.808. The summed E-state index contributed by atoms with van der Waals surface area (Å²) in [7, 11) is 0. The smallest absolute Gasteiger partial charge is 0.274 e. The molecule has 2 atom stereocenters. The topological polar surface area (TPSA) is 275 Å². The van der Waals surface area contributed by atoms with E-state index in [1.807, 2.05) is 208 Å². The minimum Gasteiger partial charge on any atom is -0.382 e. The summed E-state index contributed by atoms with van der Waals surface area (Å²) in [4.78, 5) is 62.0. The third-order valence-corrected chi connectivity index (χ3v) is 15.8. The van der Waals surface area contributed by atoms with Crippen molar-refractivity contribution in [2.45, 2.75) is 25.9 Å². The Morgan fingerprint density at radius 1 is 0.409 bits per heavy atom. The lowest BCUT2D eigenvalue weighted by Gasteiger charge is -2.16. The standard InChI is InChI=1S/C27H21ClN6O.C19H12BrClN4.C19H13ClN4.C7H10N2/c1-16(21-11-5-6-12-30-21)32-27(35)25-26(29)34-23(17-8-3-2-4-9-17)24(33-25)19-14-18-10-7-13-31-22(18)20(28)15-19;20-18-19(22)25-16(11-5-2-1-3-6-11)17(24-18)13-9-12-7-4-8-23-15(12)14(21)10-13;20-15-10-14(9-13-7-4-8-22-17(13)15)18-19(24-16(21)11-23-18)12-5-2-1-3-6-12;1-6(8)7-4-2-3-5-9-7/h2-16H,1H3,(H2,29,34)(H,32,35);1-10H,(H2,22,25);1-11H,(H2,21,24);2-6H,8H2,1H3/t16-;;;6-/m1..1/s1. The van der Waals surface area contributed by atoms with Crippen molar-refractivity contribution in [1.82, 2.24) is 60.1 Å². The summed E-state index contributed by atoms with van der Waals surface area (Å²) in [6.07, 6.45) is 10.1. The molecule has 0 fully saturated rings. The highest BCUT2D eigenvalue weighted by Gasteiger charge is 2.23. The number of halogens is 4. The van der Waals surface area contributed by atoms with Gasteiger partial charge in [-0.2, -0.15) is 0 Å². The third kappa shape index (κ3) is 15.2.